The van der Waals surface area contributed by atoms with Gasteiger partial charge in [0.1, 0.15) is 0 Å². The van der Waals surface area contributed by atoms with Gasteiger partial charge in [-0.3, -0.25) is 9.59 Å². The summed E-state index contributed by atoms with van der Waals surface area (Å²) in [7, 11) is 0. The van der Waals surface area contributed by atoms with Crippen molar-refractivity contribution in [2.45, 2.75) is 20.3 Å². The number of halogens is 1. The Morgan fingerprint density at radius 2 is 1.80 bits per heavy atom. The van der Waals surface area contributed by atoms with Gasteiger partial charge in [0.05, 0.1) is 11.8 Å². The third kappa shape index (κ3) is 3.92. The largest absolute Gasteiger partial charge is 0.368 e. The van der Waals surface area contributed by atoms with Gasteiger partial charge in [0.2, 0.25) is 11.8 Å². The number of benzene rings is 1. The lowest BCUT2D eigenvalue weighted by molar-refractivity contribution is -0.138. The zero-order valence-electron chi connectivity index (χ0n) is 14.9. The standard InChI is InChI=1S/C19H26ClN3O2/c1-3-21(4-2)18(24)16-13-17(16)19(25)23-10-8-22(9-11-23)15-7-5-6-14(20)12-15/h5-7,12,16-17H,3-4,8-11,13H2,1-2H3. The second-order valence-corrected chi connectivity index (χ2v) is 7.19. The van der Waals surface area contributed by atoms with E-state index in [4.69, 9.17) is 11.6 Å². The Balaban J connectivity index is 1.52. The predicted octanol–water partition coefficient (Wildman–Crippen LogP) is 2.49. The van der Waals surface area contributed by atoms with E-state index in [1.165, 1.54) is 0 Å². The molecule has 1 saturated carbocycles. The van der Waals surface area contributed by atoms with E-state index < -0.39 is 0 Å². The lowest BCUT2D eigenvalue weighted by Crippen LogP contribution is -2.49. The average Bonchev–Trinajstić information content (AvgIpc) is 3.43. The molecule has 25 heavy (non-hydrogen) atoms. The van der Waals surface area contributed by atoms with Crippen LogP contribution in [0.4, 0.5) is 5.69 Å². The van der Waals surface area contributed by atoms with Crippen molar-refractivity contribution >= 4 is 29.1 Å². The molecule has 2 fully saturated rings. The van der Waals surface area contributed by atoms with E-state index in [0.29, 0.717) is 32.6 Å². The number of piperazine rings is 1. The molecule has 1 aromatic carbocycles. The van der Waals surface area contributed by atoms with Crippen molar-refractivity contribution in [1.29, 1.82) is 0 Å². The van der Waals surface area contributed by atoms with E-state index in [1.54, 1.807) is 0 Å². The number of anilines is 1. The summed E-state index contributed by atoms with van der Waals surface area (Å²) in [5, 5.41) is 0.728. The Morgan fingerprint density at radius 1 is 1.12 bits per heavy atom. The maximum absolute atomic E-state index is 12.7. The van der Waals surface area contributed by atoms with E-state index in [2.05, 4.69) is 4.90 Å². The first kappa shape index (κ1) is 18.1. The zero-order chi connectivity index (χ0) is 18.0. The highest BCUT2D eigenvalue weighted by atomic mass is 35.5. The minimum Gasteiger partial charge on any atom is -0.368 e. The fraction of sp³-hybridized carbons (Fsp3) is 0.579. The molecule has 2 atom stereocenters. The Labute approximate surface area is 154 Å². The molecule has 0 radical (unpaired) electrons. The lowest BCUT2D eigenvalue weighted by atomic mass is 10.2. The average molecular weight is 364 g/mol. The van der Waals surface area contributed by atoms with Crippen LogP contribution in [0.1, 0.15) is 20.3 Å². The smallest absolute Gasteiger partial charge is 0.226 e. The lowest BCUT2D eigenvalue weighted by Gasteiger charge is -2.36. The molecule has 1 aliphatic carbocycles. The molecule has 3 rings (SSSR count). The van der Waals surface area contributed by atoms with Crippen LogP contribution >= 0.6 is 11.6 Å². The summed E-state index contributed by atoms with van der Waals surface area (Å²) in [5.74, 6) is 0.0846. The van der Waals surface area contributed by atoms with Crippen molar-refractivity contribution in [3.8, 4) is 0 Å². The molecule has 2 unspecified atom stereocenters. The summed E-state index contributed by atoms with van der Waals surface area (Å²) in [6.07, 6.45) is 0.711. The second kappa shape index (κ2) is 7.65. The predicted molar refractivity (Wildman–Crippen MR) is 99.8 cm³/mol. The number of carbonyl (C=O) groups excluding carboxylic acids is 2. The van der Waals surface area contributed by atoms with Crippen molar-refractivity contribution in [3.63, 3.8) is 0 Å². The third-order valence-electron chi connectivity index (χ3n) is 5.26. The highest BCUT2D eigenvalue weighted by Crippen LogP contribution is 2.41. The number of rotatable bonds is 5. The Hall–Kier alpha value is -1.75. The quantitative estimate of drug-likeness (QED) is 0.807. The van der Waals surface area contributed by atoms with Gasteiger partial charge >= 0.3 is 0 Å². The van der Waals surface area contributed by atoms with Gasteiger partial charge in [-0.15, -0.1) is 0 Å². The first-order valence-electron chi connectivity index (χ1n) is 9.13. The van der Waals surface area contributed by atoms with E-state index in [1.807, 2.05) is 47.9 Å². The summed E-state index contributed by atoms with van der Waals surface area (Å²) in [4.78, 5) is 31.1. The fourth-order valence-electron chi connectivity index (χ4n) is 3.60. The minimum absolute atomic E-state index is 0.0987. The molecule has 1 aliphatic heterocycles. The van der Waals surface area contributed by atoms with Crippen LogP contribution in [0.5, 0.6) is 0 Å². The molecule has 5 nitrogen and oxygen atoms in total. The molecule has 1 aromatic rings. The van der Waals surface area contributed by atoms with Gasteiger partial charge in [-0.05, 0) is 38.5 Å². The highest BCUT2D eigenvalue weighted by Gasteiger charge is 2.50. The summed E-state index contributed by atoms with van der Waals surface area (Å²) >= 11 is 6.06. The van der Waals surface area contributed by atoms with Crippen LogP contribution in [-0.2, 0) is 9.59 Å². The first-order valence-corrected chi connectivity index (χ1v) is 9.51. The monoisotopic (exact) mass is 363 g/mol. The molecule has 2 aliphatic rings. The molecule has 6 heteroatoms. The molecule has 0 aromatic heterocycles. The van der Waals surface area contributed by atoms with Crippen molar-refractivity contribution in [2.24, 2.45) is 11.8 Å². The Kier molecular flexibility index (Phi) is 5.52. The van der Waals surface area contributed by atoms with E-state index in [9.17, 15) is 9.59 Å². The van der Waals surface area contributed by atoms with Gasteiger partial charge in [0.25, 0.3) is 0 Å². The molecule has 0 bridgehead atoms. The molecule has 1 saturated heterocycles. The molecule has 136 valence electrons. The van der Waals surface area contributed by atoms with Gasteiger partial charge in [-0.1, -0.05) is 17.7 Å². The first-order chi connectivity index (χ1) is 12.0. The van der Waals surface area contributed by atoms with E-state index in [-0.39, 0.29) is 23.7 Å². The van der Waals surface area contributed by atoms with Crippen molar-refractivity contribution < 1.29 is 9.59 Å². The summed E-state index contributed by atoms with van der Waals surface area (Å²) in [6, 6.07) is 7.82. The third-order valence-corrected chi connectivity index (χ3v) is 5.50. The minimum atomic E-state index is -0.106. The van der Waals surface area contributed by atoms with Crippen LogP contribution < -0.4 is 4.90 Å². The second-order valence-electron chi connectivity index (χ2n) is 6.75. The topological polar surface area (TPSA) is 43.9 Å². The van der Waals surface area contributed by atoms with Gasteiger partial charge in [-0.2, -0.15) is 0 Å². The zero-order valence-corrected chi connectivity index (χ0v) is 15.7. The molecule has 1 heterocycles. The van der Waals surface area contributed by atoms with Crippen LogP contribution in [0.2, 0.25) is 5.02 Å². The van der Waals surface area contributed by atoms with Gasteiger partial charge in [0.15, 0.2) is 0 Å². The van der Waals surface area contributed by atoms with Crippen molar-refractivity contribution in [1.82, 2.24) is 9.80 Å². The number of hydrogen-bond acceptors (Lipinski definition) is 3. The normalized spacial score (nSPS) is 22.7. The van der Waals surface area contributed by atoms with Crippen LogP contribution in [-0.4, -0.2) is 60.9 Å². The van der Waals surface area contributed by atoms with Gasteiger partial charge < -0.3 is 14.7 Å². The SMILES string of the molecule is CCN(CC)C(=O)C1CC1C(=O)N1CCN(c2cccc(Cl)c2)CC1. The van der Waals surface area contributed by atoms with Gasteiger partial charge in [0, 0.05) is 50.0 Å². The maximum Gasteiger partial charge on any atom is 0.226 e. The van der Waals surface area contributed by atoms with Crippen molar-refractivity contribution in [2.75, 3.05) is 44.2 Å². The summed E-state index contributed by atoms with van der Waals surface area (Å²) in [6.45, 7) is 8.39. The van der Waals surface area contributed by atoms with Gasteiger partial charge in [-0.25, -0.2) is 0 Å². The van der Waals surface area contributed by atoms with Crippen LogP contribution in [0, 0.1) is 11.8 Å². The molecular weight excluding hydrogens is 338 g/mol. The molecule has 2 amide bonds. The summed E-state index contributed by atoms with van der Waals surface area (Å²) in [5.41, 5.74) is 1.10. The van der Waals surface area contributed by atoms with E-state index in [0.717, 1.165) is 23.8 Å². The number of carbonyl (C=O) groups is 2. The number of amides is 2. The number of hydrogen-bond donors (Lipinski definition) is 0. The van der Waals surface area contributed by atoms with Crippen molar-refractivity contribution in [3.05, 3.63) is 29.3 Å². The molecule has 0 N–H and O–H groups in total. The van der Waals surface area contributed by atoms with Crippen LogP contribution in [0.3, 0.4) is 0 Å². The highest BCUT2D eigenvalue weighted by molar-refractivity contribution is 6.30. The van der Waals surface area contributed by atoms with Crippen LogP contribution in [0.15, 0.2) is 24.3 Å². The Morgan fingerprint density at radius 3 is 2.40 bits per heavy atom. The van der Waals surface area contributed by atoms with Crippen LogP contribution in [0.25, 0.3) is 0 Å². The maximum atomic E-state index is 12.7. The summed E-state index contributed by atoms with van der Waals surface area (Å²) < 4.78 is 0. The molecular formula is C19H26ClN3O2. The molecule has 0 spiro atoms. The Bertz CT molecular complexity index is 639. The fourth-order valence-corrected chi connectivity index (χ4v) is 3.79. The number of nitrogens with zero attached hydrogens (tertiary/aromatic N) is 3. The van der Waals surface area contributed by atoms with E-state index >= 15 is 0 Å².